The summed E-state index contributed by atoms with van der Waals surface area (Å²) in [6, 6.07) is 12.8. The van der Waals surface area contributed by atoms with Gasteiger partial charge in [-0.2, -0.15) is 0 Å². The fourth-order valence-corrected chi connectivity index (χ4v) is 5.66. The fourth-order valence-electron chi connectivity index (χ4n) is 4.83. The summed E-state index contributed by atoms with van der Waals surface area (Å²) in [6.45, 7) is 1.52. The molecule has 2 amide bonds. The zero-order valence-corrected chi connectivity index (χ0v) is 17.9. The molecule has 156 valence electrons. The van der Waals surface area contributed by atoms with E-state index in [2.05, 4.69) is 16.0 Å². The molecule has 1 aromatic carbocycles. The minimum atomic E-state index is 0.118. The Morgan fingerprint density at radius 2 is 1.93 bits per heavy atom. The molecule has 1 aliphatic carbocycles. The van der Waals surface area contributed by atoms with E-state index in [0.29, 0.717) is 30.3 Å². The first-order valence-corrected chi connectivity index (χ1v) is 11.9. The number of thioether (sulfide) groups is 1. The highest BCUT2D eigenvalue weighted by molar-refractivity contribution is 7.98. The van der Waals surface area contributed by atoms with Gasteiger partial charge in [-0.05, 0) is 67.5 Å². The van der Waals surface area contributed by atoms with Crippen molar-refractivity contribution in [2.45, 2.75) is 54.8 Å². The van der Waals surface area contributed by atoms with Crippen LogP contribution in [0.5, 0.6) is 0 Å². The van der Waals surface area contributed by atoms with Crippen molar-refractivity contribution in [3.63, 3.8) is 0 Å². The molecular formula is C24H27N3O2S. The lowest BCUT2D eigenvalue weighted by Crippen LogP contribution is -2.57. The van der Waals surface area contributed by atoms with Crippen LogP contribution in [0.25, 0.3) is 0 Å². The van der Waals surface area contributed by atoms with Crippen molar-refractivity contribution in [2.24, 2.45) is 5.92 Å². The molecule has 3 aliphatic rings. The van der Waals surface area contributed by atoms with Crippen LogP contribution in [-0.4, -0.2) is 51.8 Å². The van der Waals surface area contributed by atoms with E-state index in [1.165, 1.54) is 5.56 Å². The van der Waals surface area contributed by atoms with E-state index < -0.39 is 0 Å². The number of rotatable bonds is 5. The van der Waals surface area contributed by atoms with Crippen molar-refractivity contribution >= 4 is 23.6 Å². The molecule has 3 fully saturated rings. The molecule has 5 rings (SSSR count). The molecule has 2 aliphatic heterocycles. The molecule has 5 nitrogen and oxygen atoms in total. The standard InChI is InChI=1S/C24H27N3O2S/c28-23-10-5-19-15-26(13-11-22(19)27(23)20-6-7-20)24(29)18-3-8-21(9-4-18)30-16-17-2-1-12-25-14-17/h1-4,8-9,12,14,19-20,22H,5-7,10-11,13,15-16H2. The Labute approximate surface area is 181 Å². The average molecular weight is 422 g/mol. The number of hydrogen-bond donors (Lipinski definition) is 0. The second-order valence-corrected chi connectivity index (χ2v) is 9.66. The molecule has 2 unspecified atom stereocenters. The summed E-state index contributed by atoms with van der Waals surface area (Å²) in [7, 11) is 0. The molecule has 6 heteroatoms. The maximum absolute atomic E-state index is 13.1. The molecule has 0 spiro atoms. The molecule has 1 saturated carbocycles. The first-order valence-electron chi connectivity index (χ1n) is 10.9. The molecule has 0 radical (unpaired) electrons. The van der Waals surface area contributed by atoms with E-state index in [0.717, 1.165) is 55.0 Å². The van der Waals surface area contributed by atoms with Crippen molar-refractivity contribution in [1.29, 1.82) is 0 Å². The number of hydrogen-bond acceptors (Lipinski definition) is 4. The van der Waals surface area contributed by atoms with Crippen LogP contribution >= 0.6 is 11.8 Å². The number of piperidine rings is 2. The largest absolute Gasteiger partial charge is 0.338 e. The summed E-state index contributed by atoms with van der Waals surface area (Å²) < 4.78 is 0. The zero-order valence-electron chi connectivity index (χ0n) is 17.1. The van der Waals surface area contributed by atoms with E-state index in [1.54, 1.807) is 18.0 Å². The Kier molecular flexibility index (Phi) is 5.50. The number of aromatic nitrogens is 1. The quantitative estimate of drug-likeness (QED) is 0.685. The van der Waals surface area contributed by atoms with Crippen LogP contribution in [0, 0.1) is 5.92 Å². The third-order valence-electron chi connectivity index (χ3n) is 6.53. The summed E-state index contributed by atoms with van der Waals surface area (Å²) in [5, 5.41) is 0. The van der Waals surface area contributed by atoms with E-state index in [9.17, 15) is 9.59 Å². The van der Waals surface area contributed by atoms with Crippen LogP contribution in [0.4, 0.5) is 0 Å². The molecule has 2 atom stereocenters. The molecule has 1 aromatic heterocycles. The zero-order chi connectivity index (χ0) is 20.5. The molecule has 2 saturated heterocycles. The van der Waals surface area contributed by atoms with Crippen LogP contribution in [0.3, 0.4) is 0 Å². The highest BCUT2D eigenvalue weighted by Gasteiger charge is 2.45. The van der Waals surface area contributed by atoms with Gasteiger partial charge in [0.25, 0.3) is 5.91 Å². The Morgan fingerprint density at radius 3 is 2.67 bits per heavy atom. The summed E-state index contributed by atoms with van der Waals surface area (Å²) >= 11 is 1.75. The molecular weight excluding hydrogens is 394 g/mol. The van der Waals surface area contributed by atoms with Gasteiger partial charge in [0.05, 0.1) is 0 Å². The monoisotopic (exact) mass is 421 g/mol. The van der Waals surface area contributed by atoms with Gasteiger partial charge in [0.15, 0.2) is 0 Å². The number of nitrogens with zero attached hydrogens (tertiary/aromatic N) is 3. The van der Waals surface area contributed by atoms with Crippen LogP contribution < -0.4 is 0 Å². The summed E-state index contributed by atoms with van der Waals surface area (Å²) in [5.41, 5.74) is 1.95. The molecule has 0 N–H and O–H groups in total. The smallest absolute Gasteiger partial charge is 0.253 e. The summed E-state index contributed by atoms with van der Waals surface area (Å²) in [6.07, 6.45) is 8.45. The fraction of sp³-hybridized carbons (Fsp3) is 0.458. The highest BCUT2D eigenvalue weighted by atomic mass is 32.2. The number of benzene rings is 1. The van der Waals surface area contributed by atoms with Crippen molar-refractivity contribution in [3.05, 3.63) is 59.9 Å². The number of carbonyl (C=O) groups excluding carboxylic acids is 2. The predicted octanol–water partition coefficient (Wildman–Crippen LogP) is 3.99. The van der Waals surface area contributed by atoms with Gasteiger partial charge in [-0.1, -0.05) is 6.07 Å². The van der Waals surface area contributed by atoms with Crippen LogP contribution in [0.15, 0.2) is 53.7 Å². The Morgan fingerprint density at radius 1 is 1.10 bits per heavy atom. The second kappa shape index (κ2) is 8.42. The van der Waals surface area contributed by atoms with Crippen molar-refractivity contribution in [1.82, 2.24) is 14.8 Å². The Balaban J connectivity index is 1.19. The maximum atomic E-state index is 13.1. The minimum absolute atomic E-state index is 0.118. The third-order valence-corrected chi connectivity index (χ3v) is 7.61. The van der Waals surface area contributed by atoms with Crippen molar-refractivity contribution < 1.29 is 9.59 Å². The van der Waals surface area contributed by atoms with E-state index in [-0.39, 0.29) is 5.91 Å². The minimum Gasteiger partial charge on any atom is -0.338 e. The lowest BCUT2D eigenvalue weighted by atomic mass is 9.83. The Hall–Kier alpha value is -2.34. The van der Waals surface area contributed by atoms with E-state index in [4.69, 9.17) is 0 Å². The normalized spacial score (nSPS) is 23.9. The second-order valence-electron chi connectivity index (χ2n) is 8.61. The number of pyridine rings is 1. The third kappa shape index (κ3) is 4.10. The number of fused-ring (bicyclic) bond motifs is 1. The SMILES string of the molecule is O=C(c1ccc(SCc2cccnc2)cc1)N1CCC2C(CCC(=O)N2C2CC2)C1. The first kappa shape index (κ1) is 19.6. The molecule has 3 heterocycles. The molecule has 0 bridgehead atoms. The van der Waals surface area contributed by atoms with Gasteiger partial charge in [0.2, 0.25) is 5.91 Å². The van der Waals surface area contributed by atoms with Gasteiger partial charge in [-0.3, -0.25) is 14.6 Å². The summed E-state index contributed by atoms with van der Waals surface area (Å²) in [4.78, 5) is 34.9. The summed E-state index contributed by atoms with van der Waals surface area (Å²) in [5.74, 6) is 1.74. The van der Waals surface area contributed by atoms with Gasteiger partial charge in [-0.25, -0.2) is 0 Å². The molecule has 30 heavy (non-hydrogen) atoms. The van der Waals surface area contributed by atoms with E-state index in [1.807, 2.05) is 41.4 Å². The van der Waals surface area contributed by atoms with Crippen molar-refractivity contribution in [2.75, 3.05) is 13.1 Å². The van der Waals surface area contributed by atoms with Gasteiger partial charge in [0, 0.05) is 60.2 Å². The van der Waals surface area contributed by atoms with Gasteiger partial charge < -0.3 is 9.80 Å². The maximum Gasteiger partial charge on any atom is 0.253 e. The number of amides is 2. The van der Waals surface area contributed by atoms with Gasteiger partial charge in [0.1, 0.15) is 0 Å². The van der Waals surface area contributed by atoms with Gasteiger partial charge in [-0.15, -0.1) is 11.8 Å². The predicted molar refractivity (Wildman–Crippen MR) is 117 cm³/mol. The number of carbonyl (C=O) groups is 2. The van der Waals surface area contributed by atoms with Gasteiger partial charge >= 0.3 is 0 Å². The lowest BCUT2D eigenvalue weighted by molar-refractivity contribution is -0.141. The molecule has 2 aromatic rings. The van der Waals surface area contributed by atoms with Crippen LogP contribution in [0.2, 0.25) is 0 Å². The van der Waals surface area contributed by atoms with Crippen molar-refractivity contribution in [3.8, 4) is 0 Å². The average Bonchev–Trinajstić information content (AvgIpc) is 3.63. The van der Waals surface area contributed by atoms with E-state index >= 15 is 0 Å². The number of likely N-dealkylation sites (tertiary alicyclic amines) is 2. The highest BCUT2D eigenvalue weighted by Crippen LogP contribution is 2.39. The Bertz CT molecular complexity index is 914. The first-order chi connectivity index (χ1) is 14.7. The van der Waals surface area contributed by atoms with Crippen LogP contribution in [-0.2, 0) is 10.5 Å². The lowest BCUT2D eigenvalue weighted by Gasteiger charge is -2.47. The topological polar surface area (TPSA) is 53.5 Å². The van der Waals surface area contributed by atoms with Crippen LogP contribution in [0.1, 0.15) is 48.0 Å².